The molecule has 0 atom stereocenters. The maximum absolute atomic E-state index is 10.7. The van der Waals surface area contributed by atoms with Crippen LogP contribution in [0.15, 0.2) is 40.1 Å². The molecule has 84 valence electrons. The Balaban J connectivity index is 2.11. The lowest BCUT2D eigenvalue weighted by Crippen LogP contribution is -2.02. The van der Waals surface area contributed by atoms with Crippen LogP contribution in [0.4, 0.5) is 5.69 Å². The number of aliphatic imine (C=N–C) groups is 1. The highest BCUT2D eigenvalue weighted by Crippen LogP contribution is 2.26. The molecule has 1 aliphatic rings. The normalized spacial score (nSPS) is 13.3. The molecule has 0 aliphatic carbocycles. The van der Waals surface area contributed by atoms with E-state index in [1.165, 1.54) is 24.6 Å². The van der Waals surface area contributed by atoms with Gasteiger partial charge in [-0.15, -0.1) is 0 Å². The van der Waals surface area contributed by atoms with Crippen molar-refractivity contribution in [3.8, 4) is 0 Å². The second-order valence-electron chi connectivity index (χ2n) is 3.60. The fourth-order valence-corrected chi connectivity index (χ4v) is 1.81. The van der Waals surface area contributed by atoms with Crippen LogP contribution < -0.4 is 0 Å². The SMILES string of the molecule is O=[N+]([O-])c1ccc2c(c1)C(c1ncco1)=NC2. The summed E-state index contributed by atoms with van der Waals surface area (Å²) in [7, 11) is 0. The number of nitro benzene ring substituents is 1. The van der Waals surface area contributed by atoms with Crippen molar-refractivity contribution in [1.82, 2.24) is 4.98 Å². The van der Waals surface area contributed by atoms with Gasteiger partial charge >= 0.3 is 0 Å². The van der Waals surface area contributed by atoms with Crippen molar-refractivity contribution in [1.29, 1.82) is 0 Å². The Morgan fingerprint density at radius 2 is 2.29 bits per heavy atom. The molecule has 0 saturated heterocycles. The summed E-state index contributed by atoms with van der Waals surface area (Å²) >= 11 is 0. The van der Waals surface area contributed by atoms with Crippen LogP contribution in [-0.4, -0.2) is 15.6 Å². The quantitative estimate of drug-likeness (QED) is 0.582. The number of hydrogen-bond donors (Lipinski definition) is 0. The Labute approximate surface area is 95.8 Å². The number of aromatic nitrogens is 1. The molecular formula is C11H7N3O3. The second kappa shape index (κ2) is 3.51. The van der Waals surface area contributed by atoms with Crippen LogP contribution in [0.5, 0.6) is 0 Å². The van der Waals surface area contributed by atoms with E-state index in [1.54, 1.807) is 6.07 Å². The molecule has 6 nitrogen and oxygen atoms in total. The Bertz CT molecular complexity index is 617. The third kappa shape index (κ3) is 1.50. The molecular weight excluding hydrogens is 222 g/mol. The minimum absolute atomic E-state index is 0.0462. The van der Waals surface area contributed by atoms with Gasteiger partial charge in [-0.1, -0.05) is 0 Å². The predicted molar refractivity (Wildman–Crippen MR) is 58.9 cm³/mol. The molecule has 0 fully saturated rings. The standard InChI is InChI=1S/C11H7N3O3/c15-14(16)8-2-1-7-6-13-10(9(7)5-8)11-12-3-4-17-11/h1-5H,6H2. The predicted octanol–water partition coefficient (Wildman–Crippen LogP) is 1.93. The number of nitro groups is 1. The first-order chi connectivity index (χ1) is 8.25. The maximum Gasteiger partial charge on any atom is 0.270 e. The van der Waals surface area contributed by atoms with Gasteiger partial charge in [0.15, 0.2) is 0 Å². The minimum Gasteiger partial charge on any atom is -0.443 e. The smallest absolute Gasteiger partial charge is 0.270 e. The largest absolute Gasteiger partial charge is 0.443 e. The van der Waals surface area contributed by atoms with E-state index >= 15 is 0 Å². The molecule has 3 rings (SSSR count). The van der Waals surface area contributed by atoms with Crippen molar-refractivity contribution < 1.29 is 9.34 Å². The molecule has 1 aliphatic heterocycles. The summed E-state index contributed by atoms with van der Waals surface area (Å²) in [5.74, 6) is 0.393. The van der Waals surface area contributed by atoms with Crippen molar-refractivity contribution in [2.75, 3.05) is 0 Å². The highest BCUT2D eigenvalue weighted by Gasteiger charge is 2.23. The van der Waals surface area contributed by atoms with Gasteiger partial charge in [-0.3, -0.25) is 15.1 Å². The van der Waals surface area contributed by atoms with E-state index in [0.29, 0.717) is 18.1 Å². The van der Waals surface area contributed by atoms with Gasteiger partial charge in [-0.25, -0.2) is 4.98 Å². The average Bonchev–Trinajstić information content (AvgIpc) is 2.96. The lowest BCUT2D eigenvalue weighted by atomic mass is 10.1. The first-order valence-corrected chi connectivity index (χ1v) is 4.98. The minimum atomic E-state index is -0.425. The maximum atomic E-state index is 10.7. The highest BCUT2D eigenvalue weighted by molar-refractivity contribution is 6.12. The van der Waals surface area contributed by atoms with Crippen LogP contribution in [-0.2, 0) is 6.54 Å². The van der Waals surface area contributed by atoms with Gasteiger partial charge in [0, 0.05) is 17.7 Å². The average molecular weight is 229 g/mol. The molecule has 0 unspecified atom stereocenters. The summed E-state index contributed by atoms with van der Waals surface area (Å²) in [6.45, 7) is 0.505. The molecule has 2 heterocycles. The molecule has 0 N–H and O–H groups in total. The third-order valence-electron chi connectivity index (χ3n) is 2.60. The number of oxazole rings is 1. The van der Waals surface area contributed by atoms with Gasteiger partial charge in [0.1, 0.15) is 12.0 Å². The van der Waals surface area contributed by atoms with Crippen LogP contribution in [0.3, 0.4) is 0 Å². The first-order valence-electron chi connectivity index (χ1n) is 4.98. The summed E-state index contributed by atoms with van der Waals surface area (Å²) < 4.78 is 5.16. The molecule has 17 heavy (non-hydrogen) atoms. The van der Waals surface area contributed by atoms with Gasteiger partial charge < -0.3 is 4.42 Å². The van der Waals surface area contributed by atoms with E-state index in [4.69, 9.17) is 4.42 Å². The summed E-state index contributed by atoms with van der Waals surface area (Å²) in [5.41, 5.74) is 2.30. The van der Waals surface area contributed by atoms with Crippen LogP contribution in [0, 0.1) is 10.1 Å². The van der Waals surface area contributed by atoms with Crippen molar-refractivity contribution >= 4 is 11.4 Å². The Kier molecular flexibility index (Phi) is 2.01. The molecule has 1 aromatic carbocycles. The Morgan fingerprint density at radius 1 is 1.41 bits per heavy atom. The molecule has 6 heteroatoms. The van der Waals surface area contributed by atoms with Crippen LogP contribution in [0.1, 0.15) is 17.0 Å². The topological polar surface area (TPSA) is 81.5 Å². The number of rotatable bonds is 2. The molecule has 1 aromatic heterocycles. The fourth-order valence-electron chi connectivity index (χ4n) is 1.81. The molecule has 0 spiro atoms. The molecule has 0 bridgehead atoms. The van der Waals surface area contributed by atoms with E-state index < -0.39 is 4.92 Å². The Hall–Kier alpha value is -2.50. The molecule has 0 amide bonds. The summed E-state index contributed by atoms with van der Waals surface area (Å²) in [4.78, 5) is 18.6. The number of hydrogen-bond acceptors (Lipinski definition) is 5. The second-order valence-corrected chi connectivity index (χ2v) is 3.60. The summed E-state index contributed by atoms with van der Waals surface area (Å²) in [5, 5.41) is 10.7. The molecule has 0 saturated carbocycles. The van der Waals surface area contributed by atoms with E-state index in [1.807, 2.05) is 0 Å². The van der Waals surface area contributed by atoms with E-state index in [2.05, 4.69) is 9.98 Å². The van der Waals surface area contributed by atoms with Crippen molar-refractivity contribution in [2.24, 2.45) is 4.99 Å². The lowest BCUT2D eigenvalue weighted by molar-refractivity contribution is -0.384. The zero-order chi connectivity index (χ0) is 11.8. The van der Waals surface area contributed by atoms with E-state index in [9.17, 15) is 10.1 Å². The van der Waals surface area contributed by atoms with Gasteiger partial charge in [0.05, 0.1) is 17.7 Å². The first kappa shape index (κ1) is 9.71. The zero-order valence-corrected chi connectivity index (χ0v) is 8.66. The van der Waals surface area contributed by atoms with Crippen molar-refractivity contribution in [3.63, 3.8) is 0 Å². The van der Waals surface area contributed by atoms with Crippen LogP contribution in [0.25, 0.3) is 0 Å². The van der Waals surface area contributed by atoms with E-state index in [0.717, 1.165) is 11.1 Å². The van der Waals surface area contributed by atoms with E-state index in [-0.39, 0.29) is 5.69 Å². The summed E-state index contributed by atoms with van der Waals surface area (Å²) in [6, 6.07) is 4.70. The Morgan fingerprint density at radius 3 is 3.00 bits per heavy atom. The van der Waals surface area contributed by atoms with Gasteiger partial charge in [-0.2, -0.15) is 0 Å². The van der Waals surface area contributed by atoms with Gasteiger partial charge in [0.2, 0.25) is 5.89 Å². The van der Waals surface area contributed by atoms with Gasteiger partial charge in [-0.05, 0) is 11.6 Å². The van der Waals surface area contributed by atoms with Gasteiger partial charge in [0.25, 0.3) is 5.69 Å². The fraction of sp³-hybridized carbons (Fsp3) is 0.0909. The lowest BCUT2D eigenvalue weighted by Gasteiger charge is -1.99. The molecule has 0 radical (unpaired) electrons. The summed E-state index contributed by atoms with van der Waals surface area (Å²) in [6.07, 6.45) is 2.97. The number of non-ortho nitro benzene ring substituents is 1. The van der Waals surface area contributed by atoms with Crippen LogP contribution in [0.2, 0.25) is 0 Å². The number of nitrogens with zero attached hydrogens (tertiary/aromatic N) is 3. The number of benzene rings is 1. The van der Waals surface area contributed by atoms with Crippen molar-refractivity contribution in [2.45, 2.75) is 6.54 Å². The zero-order valence-electron chi connectivity index (χ0n) is 8.66. The highest BCUT2D eigenvalue weighted by atomic mass is 16.6. The third-order valence-corrected chi connectivity index (χ3v) is 2.60. The van der Waals surface area contributed by atoms with Crippen molar-refractivity contribution in [3.05, 3.63) is 57.8 Å². The van der Waals surface area contributed by atoms with Crippen LogP contribution >= 0.6 is 0 Å². The monoisotopic (exact) mass is 229 g/mol. The number of fused-ring (bicyclic) bond motifs is 1. The molecule has 2 aromatic rings.